The van der Waals surface area contributed by atoms with Crippen LogP contribution >= 0.6 is 0 Å². The average molecular weight is 508 g/mol. The average Bonchev–Trinajstić information content (AvgIpc) is 3.25. The number of nitrogens with zero attached hydrogens (tertiary/aromatic N) is 3. The number of ether oxygens (including phenoxy) is 1. The van der Waals surface area contributed by atoms with Gasteiger partial charge in [-0.05, 0) is 42.4 Å². The number of nitrogen functional groups attached to an aromatic ring is 1. The Morgan fingerprint density at radius 2 is 2.03 bits per heavy atom. The van der Waals surface area contributed by atoms with Crippen molar-refractivity contribution < 1.29 is 27.8 Å². The van der Waals surface area contributed by atoms with Gasteiger partial charge in [0.2, 0.25) is 17.9 Å². The molecule has 1 spiro atoms. The van der Waals surface area contributed by atoms with Crippen molar-refractivity contribution in [2.45, 2.75) is 44.1 Å². The second-order valence-electron chi connectivity index (χ2n) is 9.62. The number of nitrogens with two attached hydrogens (primary N) is 1. The first-order valence-electron chi connectivity index (χ1n) is 11.8. The molecule has 2 fully saturated rings. The minimum absolute atomic E-state index is 0.0351. The second-order valence-corrected chi connectivity index (χ2v) is 9.62. The summed E-state index contributed by atoms with van der Waals surface area (Å²) in [6, 6.07) is 5.30. The van der Waals surface area contributed by atoms with Crippen LogP contribution in [0.5, 0.6) is 5.88 Å². The highest BCUT2D eigenvalue weighted by molar-refractivity contribution is 5.74. The van der Waals surface area contributed by atoms with Gasteiger partial charge < -0.3 is 31.1 Å². The van der Waals surface area contributed by atoms with Crippen LogP contribution in [-0.4, -0.2) is 59.6 Å². The summed E-state index contributed by atoms with van der Waals surface area (Å²) in [7, 11) is 0. The molecular formula is C23H28F3N7O3. The molecular weight excluding hydrogens is 479 g/mol. The van der Waals surface area contributed by atoms with E-state index in [1.165, 1.54) is 18.2 Å². The van der Waals surface area contributed by atoms with Crippen LogP contribution < -0.4 is 31.3 Å². The Hall–Kier alpha value is -3.32. The molecule has 1 unspecified atom stereocenters. The molecule has 13 heteroatoms. The van der Waals surface area contributed by atoms with Crippen molar-refractivity contribution in [3.05, 3.63) is 35.4 Å². The number of carbonyl (C=O) groups is 1. The number of carboxylic acids is 1. The largest absolute Gasteiger partial charge is 0.480 e. The molecule has 3 aliphatic rings. The number of rotatable bonds is 5. The van der Waals surface area contributed by atoms with E-state index in [-0.39, 0.29) is 22.8 Å². The zero-order valence-electron chi connectivity index (χ0n) is 19.4. The lowest BCUT2D eigenvalue weighted by Crippen LogP contribution is -2.41. The third-order valence-electron chi connectivity index (χ3n) is 7.20. The van der Waals surface area contributed by atoms with Gasteiger partial charge in [-0.1, -0.05) is 6.07 Å². The molecule has 2 atom stereocenters. The Kier molecular flexibility index (Phi) is 6.29. The fourth-order valence-electron chi connectivity index (χ4n) is 5.23. The van der Waals surface area contributed by atoms with Crippen LogP contribution in [0, 0.1) is 5.41 Å². The first kappa shape index (κ1) is 24.4. The Bertz CT molecular complexity index is 1140. The van der Waals surface area contributed by atoms with Crippen LogP contribution in [0.25, 0.3) is 0 Å². The third-order valence-corrected chi connectivity index (χ3v) is 7.20. The maximum Gasteiger partial charge on any atom is 0.429 e. The molecule has 2 saturated heterocycles. The summed E-state index contributed by atoms with van der Waals surface area (Å²) in [5.41, 5.74) is 7.19. The SMILES string of the molecule is Nc1nc(OC(c2ccc3c(c2)CNCN3)C(F)(F)F)cc(N2CCC3(CC2)CN[C@H](C(=O)O)C3)n1. The monoisotopic (exact) mass is 507 g/mol. The van der Waals surface area contributed by atoms with Gasteiger partial charge in [0.25, 0.3) is 0 Å². The van der Waals surface area contributed by atoms with Crippen LogP contribution in [0.1, 0.15) is 36.5 Å². The van der Waals surface area contributed by atoms with Gasteiger partial charge in [0.05, 0.1) is 6.67 Å². The molecule has 6 N–H and O–H groups in total. The molecule has 0 saturated carbocycles. The molecule has 1 aromatic heterocycles. The summed E-state index contributed by atoms with van der Waals surface area (Å²) in [5, 5.41) is 18.5. The van der Waals surface area contributed by atoms with E-state index in [1.54, 1.807) is 6.07 Å². The highest BCUT2D eigenvalue weighted by Crippen LogP contribution is 2.41. The number of aromatic nitrogens is 2. The van der Waals surface area contributed by atoms with Crippen molar-refractivity contribution >= 4 is 23.4 Å². The van der Waals surface area contributed by atoms with Crippen molar-refractivity contribution in [3.8, 4) is 5.88 Å². The summed E-state index contributed by atoms with van der Waals surface area (Å²) >= 11 is 0. The molecule has 36 heavy (non-hydrogen) atoms. The number of hydrogen-bond acceptors (Lipinski definition) is 9. The van der Waals surface area contributed by atoms with Gasteiger partial charge in [-0.25, -0.2) is 0 Å². The van der Waals surface area contributed by atoms with Gasteiger partial charge in [0.15, 0.2) is 0 Å². The number of piperidine rings is 1. The molecule has 194 valence electrons. The van der Waals surface area contributed by atoms with Crippen molar-refractivity contribution in [2.75, 3.05) is 42.3 Å². The van der Waals surface area contributed by atoms with Gasteiger partial charge in [0, 0.05) is 43.5 Å². The summed E-state index contributed by atoms with van der Waals surface area (Å²) in [6.07, 6.45) is -4.90. The van der Waals surface area contributed by atoms with E-state index in [9.17, 15) is 23.1 Å². The Labute approximate surface area is 205 Å². The normalized spacial score (nSPS) is 22.1. The summed E-state index contributed by atoms with van der Waals surface area (Å²) < 4.78 is 47.5. The zero-order chi connectivity index (χ0) is 25.5. The van der Waals surface area contributed by atoms with Crippen LogP contribution in [0.3, 0.4) is 0 Å². The highest BCUT2D eigenvalue weighted by atomic mass is 19.4. The van der Waals surface area contributed by atoms with Crippen molar-refractivity contribution in [2.24, 2.45) is 5.41 Å². The van der Waals surface area contributed by atoms with E-state index in [0.717, 1.165) is 18.5 Å². The Balaban J connectivity index is 1.33. The predicted octanol–water partition coefficient (Wildman–Crippen LogP) is 2.25. The number of anilines is 3. The van der Waals surface area contributed by atoms with E-state index in [4.69, 9.17) is 10.5 Å². The fraction of sp³-hybridized carbons (Fsp3) is 0.522. The summed E-state index contributed by atoms with van der Waals surface area (Å²) in [4.78, 5) is 21.4. The predicted molar refractivity (Wildman–Crippen MR) is 126 cm³/mol. The maximum absolute atomic E-state index is 14.0. The van der Waals surface area contributed by atoms with Crippen molar-refractivity contribution in [3.63, 3.8) is 0 Å². The number of fused-ring (bicyclic) bond motifs is 1. The van der Waals surface area contributed by atoms with Crippen LogP contribution in [0.4, 0.5) is 30.6 Å². The summed E-state index contributed by atoms with van der Waals surface area (Å²) in [6.45, 7) is 2.75. The highest BCUT2D eigenvalue weighted by Gasteiger charge is 2.45. The van der Waals surface area contributed by atoms with Gasteiger partial charge in [-0.2, -0.15) is 23.1 Å². The fourth-order valence-corrected chi connectivity index (χ4v) is 5.23. The maximum atomic E-state index is 14.0. The Morgan fingerprint density at radius 1 is 1.25 bits per heavy atom. The molecule has 4 heterocycles. The van der Waals surface area contributed by atoms with Crippen molar-refractivity contribution in [1.29, 1.82) is 0 Å². The van der Waals surface area contributed by atoms with E-state index < -0.39 is 24.3 Å². The number of hydrogen-bond donors (Lipinski definition) is 5. The second kappa shape index (κ2) is 9.28. The number of nitrogens with one attached hydrogen (secondary N) is 3. The number of benzene rings is 1. The first-order valence-corrected chi connectivity index (χ1v) is 11.8. The molecule has 0 radical (unpaired) electrons. The van der Waals surface area contributed by atoms with Gasteiger partial charge in [0.1, 0.15) is 11.9 Å². The minimum atomic E-state index is -4.68. The van der Waals surface area contributed by atoms with Crippen LogP contribution in [0.15, 0.2) is 24.3 Å². The van der Waals surface area contributed by atoms with Gasteiger partial charge in [-0.3, -0.25) is 10.1 Å². The van der Waals surface area contributed by atoms with Gasteiger partial charge >= 0.3 is 12.1 Å². The van der Waals surface area contributed by atoms with Gasteiger partial charge in [-0.15, -0.1) is 0 Å². The quantitative estimate of drug-likeness (QED) is 0.410. The molecule has 0 bridgehead atoms. The molecule has 1 aromatic carbocycles. The lowest BCUT2D eigenvalue weighted by atomic mass is 9.76. The first-order chi connectivity index (χ1) is 17.1. The standard InChI is InChI=1S/C23H28F3N7O3/c24-23(25,26)19(13-1-2-15-14(7-13)10-28-12-30-15)36-18-8-17(31-21(27)32-18)33-5-3-22(4-6-33)9-16(20(34)35)29-11-22/h1-2,7-8,16,19,28-30H,3-6,9-12H2,(H,34,35)(H2,27,31,32)/t16-,19?/m0/s1. The smallest absolute Gasteiger partial charge is 0.429 e. The lowest BCUT2D eigenvalue weighted by molar-refractivity contribution is -0.198. The third kappa shape index (κ3) is 4.98. The lowest BCUT2D eigenvalue weighted by Gasteiger charge is -2.39. The van der Waals surface area contributed by atoms with Crippen LogP contribution in [0.2, 0.25) is 0 Å². The molecule has 3 aliphatic heterocycles. The number of halogens is 3. The zero-order valence-corrected chi connectivity index (χ0v) is 19.4. The number of carboxylic acid groups (broad SMARTS) is 1. The van der Waals surface area contributed by atoms with E-state index in [1.807, 2.05) is 4.90 Å². The van der Waals surface area contributed by atoms with Crippen LogP contribution in [-0.2, 0) is 11.3 Å². The van der Waals surface area contributed by atoms with E-state index >= 15 is 0 Å². The van der Waals surface area contributed by atoms with E-state index in [0.29, 0.717) is 50.6 Å². The molecule has 10 nitrogen and oxygen atoms in total. The molecule has 0 amide bonds. The molecule has 5 rings (SSSR count). The topological polar surface area (TPSA) is 138 Å². The molecule has 2 aromatic rings. The summed E-state index contributed by atoms with van der Waals surface area (Å²) in [5.74, 6) is -0.920. The number of alkyl halides is 3. The molecule has 0 aliphatic carbocycles. The van der Waals surface area contributed by atoms with Crippen molar-refractivity contribution in [1.82, 2.24) is 20.6 Å². The number of aliphatic carboxylic acids is 1. The minimum Gasteiger partial charge on any atom is -0.480 e. The van der Waals surface area contributed by atoms with E-state index in [2.05, 4.69) is 25.9 Å². The Morgan fingerprint density at radius 3 is 2.72 bits per heavy atom.